The first kappa shape index (κ1) is 17.2. The van der Waals surface area contributed by atoms with Gasteiger partial charge in [0.25, 0.3) is 0 Å². The Morgan fingerprint density at radius 3 is 2.59 bits per heavy atom. The zero-order valence-electron chi connectivity index (χ0n) is 15.5. The predicted molar refractivity (Wildman–Crippen MR) is 106 cm³/mol. The van der Waals surface area contributed by atoms with Crippen molar-refractivity contribution in [2.24, 2.45) is 5.41 Å². The standard InChI is InChI=1S/C22H20N2O3/c1-22(2,3)13-26-15-6-7-19-16(9-15)21(25)17-10-18(24-12-20(17)27-19)14-5-4-8-23-11-14/h4-12H,13H2,1-3H3. The molecule has 0 bridgehead atoms. The predicted octanol–water partition coefficient (Wildman–Crippen LogP) is 4.83. The van der Waals surface area contributed by atoms with E-state index < -0.39 is 0 Å². The fraction of sp³-hybridized carbons (Fsp3) is 0.227. The van der Waals surface area contributed by atoms with Crippen LogP contribution >= 0.6 is 0 Å². The van der Waals surface area contributed by atoms with Gasteiger partial charge in [-0.2, -0.15) is 0 Å². The second-order valence-electron chi connectivity index (χ2n) is 7.75. The fourth-order valence-electron chi connectivity index (χ4n) is 2.80. The van der Waals surface area contributed by atoms with Gasteiger partial charge < -0.3 is 9.15 Å². The minimum atomic E-state index is -0.0972. The molecule has 0 saturated carbocycles. The zero-order chi connectivity index (χ0) is 19.0. The molecule has 0 saturated heterocycles. The Morgan fingerprint density at radius 1 is 1.04 bits per heavy atom. The van der Waals surface area contributed by atoms with Gasteiger partial charge in [0, 0.05) is 18.0 Å². The summed E-state index contributed by atoms with van der Waals surface area (Å²) in [6, 6.07) is 10.8. The van der Waals surface area contributed by atoms with E-state index in [1.807, 2.05) is 18.2 Å². The van der Waals surface area contributed by atoms with Crippen LogP contribution in [0.5, 0.6) is 5.75 Å². The van der Waals surface area contributed by atoms with Crippen molar-refractivity contribution in [3.63, 3.8) is 0 Å². The molecule has 0 spiro atoms. The van der Waals surface area contributed by atoms with Crippen molar-refractivity contribution >= 4 is 21.9 Å². The number of hydrogen-bond acceptors (Lipinski definition) is 5. The summed E-state index contributed by atoms with van der Waals surface area (Å²) < 4.78 is 11.7. The van der Waals surface area contributed by atoms with Gasteiger partial charge in [-0.25, -0.2) is 0 Å². The van der Waals surface area contributed by atoms with Crippen LogP contribution in [-0.4, -0.2) is 16.6 Å². The average molecular weight is 360 g/mol. The van der Waals surface area contributed by atoms with Crippen molar-refractivity contribution in [1.29, 1.82) is 0 Å². The normalized spacial score (nSPS) is 11.8. The second kappa shape index (κ2) is 6.50. The highest BCUT2D eigenvalue weighted by atomic mass is 16.5. The molecule has 136 valence electrons. The lowest BCUT2D eigenvalue weighted by atomic mass is 9.99. The number of pyridine rings is 2. The van der Waals surface area contributed by atoms with Crippen LogP contribution in [0.4, 0.5) is 0 Å². The first-order valence-corrected chi connectivity index (χ1v) is 8.81. The Bertz CT molecular complexity index is 1180. The third-order valence-corrected chi connectivity index (χ3v) is 4.16. The summed E-state index contributed by atoms with van der Waals surface area (Å²) in [5.74, 6) is 0.658. The van der Waals surface area contributed by atoms with Crippen LogP contribution in [0.25, 0.3) is 33.2 Å². The maximum absolute atomic E-state index is 13.1. The second-order valence-corrected chi connectivity index (χ2v) is 7.75. The van der Waals surface area contributed by atoms with Crippen LogP contribution in [0.15, 0.2) is 64.2 Å². The van der Waals surface area contributed by atoms with Gasteiger partial charge in [0.15, 0.2) is 5.58 Å². The molecular formula is C22H20N2O3. The number of hydrogen-bond donors (Lipinski definition) is 0. The third-order valence-electron chi connectivity index (χ3n) is 4.16. The summed E-state index contributed by atoms with van der Waals surface area (Å²) in [5.41, 5.74) is 2.45. The van der Waals surface area contributed by atoms with E-state index in [4.69, 9.17) is 9.15 Å². The number of benzene rings is 1. The molecule has 3 heterocycles. The van der Waals surface area contributed by atoms with Crippen LogP contribution in [0.3, 0.4) is 0 Å². The fourth-order valence-corrected chi connectivity index (χ4v) is 2.80. The molecule has 0 atom stereocenters. The van der Waals surface area contributed by atoms with E-state index in [-0.39, 0.29) is 10.8 Å². The number of aromatic nitrogens is 2. The quantitative estimate of drug-likeness (QED) is 0.490. The maximum atomic E-state index is 13.1. The van der Waals surface area contributed by atoms with Gasteiger partial charge in [-0.1, -0.05) is 20.8 Å². The Morgan fingerprint density at radius 2 is 1.85 bits per heavy atom. The molecule has 0 aliphatic carbocycles. The average Bonchev–Trinajstić information content (AvgIpc) is 2.67. The van der Waals surface area contributed by atoms with Crippen LogP contribution in [-0.2, 0) is 0 Å². The summed E-state index contributed by atoms with van der Waals surface area (Å²) in [5, 5.41) is 0.988. The summed E-state index contributed by atoms with van der Waals surface area (Å²) in [6.45, 7) is 6.86. The first-order chi connectivity index (χ1) is 12.9. The van der Waals surface area contributed by atoms with E-state index in [2.05, 4.69) is 30.7 Å². The molecule has 0 fully saturated rings. The zero-order valence-corrected chi connectivity index (χ0v) is 15.5. The molecule has 0 radical (unpaired) electrons. The molecule has 1 aromatic carbocycles. The molecule has 5 nitrogen and oxygen atoms in total. The van der Waals surface area contributed by atoms with E-state index in [0.717, 1.165) is 5.56 Å². The SMILES string of the molecule is CC(C)(C)COc1ccc2oc3cnc(-c4cccnc4)cc3c(=O)c2c1. The van der Waals surface area contributed by atoms with Crippen LogP contribution < -0.4 is 10.2 Å². The number of fused-ring (bicyclic) bond motifs is 2. The lowest BCUT2D eigenvalue weighted by Gasteiger charge is -2.18. The van der Waals surface area contributed by atoms with Gasteiger partial charge in [-0.15, -0.1) is 0 Å². The highest BCUT2D eigenvalue weighted by Gasteiger charge is 2.14. The van der Waals surface area contributed by atoms with E-state index in [1.54, 1.807) is 36.8 Å². The topological polar surface area (TPSA) is 65.2 Å². The van der Waals surface area contributed by atoms with Gasteiger partial charge in [-0.3, -0.25) is 14.8 Å². The van der Waals surface area contributed by atoms with Crippen LogP contribution in [0.2, 0.25) is 0 Å². The first-order valence-electron chi connectivity index (χ1n) is 8.81. The van der Waals surface area contributed by atoms with Gasteiger partial charge >= 0.3 is 0 Å². The molecule has 3 aromatic heterocycles. The largest absolute Gasteiger partial charge is 0.493 e. The van der Waals surface area contributed by atoms with E-state index in [1.165, 1.54) is 0 Å². The molecular weight excluding hydrogens is 340 g/mol. The van der Waals surface area contributed by atoms with Crippen molar-refractivity contribution in [3.8, 4) is 17.0 Å². The van der Waals surface area contributed by atoms with Crippen molar-refractivity contribution in [1.82, 2.24) is 9.97 Å². The lowest BCUT2D eigenvalue weighted by molar-refractivity contribution is 0.198. The maximum Gasteiger partial charge on any atom is 0.200 e. The number of rotatable bonds is 3. The smallest absolute Gasteiger partial charge is 0.200 e. The minimum absolute atomic E-state index is 0.0350. The van der Waals surface area contributed by atoms with Gasteiger partial charge in [0.05, 0.1) is 29.3 Å². The Labute approximate surface area is 156 Å². The monoisotopic (exact) mass is 360 g/mol. The summed E-state index contributed by atoms with van der Waals surface area (Å²) in [4.78, 5) is 21.6. The minimum Gasteiger partial charge on any atom is -0.493 e. The highest BCUT2D eigenvalue weighted by Crippen LogP contribution is 2.26. The van der Waals surface area contributed by atoms with Gasteiger partial charge in [0.2, 0.25) is 5.43 Å². The molecule has 4 rings (SSSR count). The Kier molecular flexibility index (Phi) is 4.15. The molecule has 0 aliphatic heterocycles. The molecule has 4 aromatic rings. The molecule has 27 heavy (non-hydrogen) atoms. The van der Waals surface area contributed by atoms with Crippen molar-refractivity contribution in [2.45, 2.75) is 20.8 Å². The molecule has 0 N–H and O–H groups in total. The third kappa shape index (κ3) is 3.53. The van der Waals surface area contributed by atoms with Crippen molar-refractivity contribution < 1.29 is 9.15 Å². The Balaban J connectivity index is 1.83. The van der Waals surface area contributed by atoms with Crippen LogP contribution in [0.1, 0.15) is 20.8 Å². The van der Waals surface area contributed by atoms with Crippen LogP contribution in [0, 0.1) is 5.41 Å². The van der Waals surface area contributed by atoms with Crippen molar-refractivity contribution in [2.75, 3.05) is 6.61 Å². The number of nitrogens with zero attached hydrogens (tertiary/aromatic N) is 2. The number of ether oxygens (including phenoxy) is 1. The summed E-state index contributed by atoms with van der Waals surface area (Å²) >= 11 is 0. The molecule has 0 amide bonds. The molecule has 0 aliphatic rings. The van der Waals surface area contributed by atoms with E-state index in [9.17, 15) is 4.79 Å². The van der Waals surface area contributed by atoms with Gasteiger partial charge in [0.1, 0.15) is 11.3 Å². The van der Waals surface area contributed by atoms with E-state index >= 15 is 0 Å². The highest BCUT2D eigenvalue weighted by molar-refractivity contribution is 5.91. The molecule has 5 heteroatoms. The van der Waals surface area contributed by atoms with E-state index in [0.29, 0.717) is 40.0 Å². The van der Waals surface area contributed by atoms with Gasteiger partial charge in [-0.05, 0) is 41.8 Å². The summed E-state index contributed by atoms with van der Waals surface area (Å²) in [7, 11) is 0. The van der Waals surface area contributed by atoms with Crippen molar-refractivity contribution in [3.05, 3.63) is 65.2 Å². The molecule has 0 unspecified atom stereocenters. The Hall–Kier alpha value is -3.21. The summed E-state index contributed by atoms with van der Waals surface area (Å²) in [6.07, 6.45) is 5.00. The lowest BCUT2D eigenvalue weighted by Crippen LogP contribution is -2.17.